The number of rotatable bonds is 3. The van der Waals surface area contributed by atoms with Gasteiger partial charge in [-0.3, -0.25) is 14.7 Å². The summed E-state index contributed by atoms with van der Waals surface area (Å²) in [6.07, 6.45) is 4.95. The summed E-state index contributed by atoms with van der Waals surface area (Å²) in [5.41, 5.74) is 3.14. The molecular weight excluding hydrogens is 382 g/mol. The summed E-state index contributed by atoms with van der Waals surface area (Å²) in [5.74, 6) is 6.02. The molecule has 0 saturated carbocycles. The van der Waals surface area contributed by atoms with Crippen molar-refractivity contribution >= 4 is 26.6 Å². The molecule has 0 bridgehead atoms. The van der Waals surface area contributed by atoms with E-state index in [0.29, 0.717) is 16.8 Å². The molecule has 0 aliphatic carbocycles. The molecule has 0 atom stereocenters. The Hall–Kier alpha value is -3.69. The molecule has 4 rings (SSSR count). The molecule has 0 aliphatic rings. The van der Waals surface area contributed by atoms with Crippen molar-refractivity contribution in [1.29, 1.82) is 0 Å². The molecule has 29 heavy (non-hydrogen) atoms. The van der Waals surface area contributed by atoms with Crippen molar-refractivity contribution in [3.05, 3.63) is 95.9 Å². The topological polar surface area (TPSA) is 72.0 Å². The molecule has 2 heterocycles. The van der Waals surface area contributed by atoms with Gasteiger partial charge in [0.25, 0.3) is 10.0 Å². The number of hydrogen-bond acceptors (Lipinski definition) is 4. The van der Waals surface area contributed by atoms with Crippen molar-refractivity contribution in [1.82, 2.24) is 9.97 Å². The highest BCUT2D eigenvalue weighted by Gasteiger charge is 2.19. The van der Waals surface area contributed by atoms with Crippen molar-refractivity contribution in [3.63, 3.8) is 0 Å². The summed E-state index contributed by atoms with van der Waals surface area (Å²) < 4.78 is 29.0. The van der Waals surface area contributed by atoms with Crippen LogP contribution in [0.3, 0.4) is 0 Å². The van der Waals surface area contributed by atoms with Gasteiger partial charge >= 0.3 is 0 Å². The van der Waals surface area contributed by atoms with Crippen LogP contribution >= 0.6 is 0 Å². The molecule has 0 fully saturated rings. The number of fused-ring (bicyclic) bond motifs is 1. The summed E-state index contributed by atoms with van der Waals surface area (Å²) in [6, 6.07) is 17.7. The highest BCUT2D eigenvalue weighted by atomic mass is 32.2. The lowest BCUT2D eigenvalue weighted by Crippen LogP contribution is -2.14. The van der Waals surface area contributed by atoms with Crippen LogP contribution in [-0.4, -0.2) is 18.4 Å². The number of pyridine rings is 2. The number of hydrogen-bond donors (Lipinski definition) is 1. The zero-order chi connectivity index (χ0) is 20.3. The van der Waals surface area contributed by atoms with Crippen LogP contribution in [0, 0.1) is 18.8 Å². The van der Waals surface area contributed by atoms with Crippen LogP contribution in [0.2, 0.25) is 0 Å². The van der Waals surface area contributed by atoms with Gasteiger partial charge in [0.05, 0.1) is 11.2 Å². The van der Waals surface area contributed by atoms with Gasteiger partial charge in [0.1, 0.15) is 4.90 Å². The van der Waals surface area contributed by atoms with Gasteiger partial charge in [-0.1, -0.05) is 36.1 Å². The van der Waals surface area contributed by atoms with Crippen LogP contribution in [0.1, 0.15) is 16.7 Å². The number of para-hydroxylation sites is 2. The van der Waals surface area contributed by atoms with E-state index in [4.69, 9.17) is 0 Å². The Balaban J connectivity index is 1.74. The molecule has 6 heteroatoms. The van der Waals surface area contributed by atoms with Crippen LogP contribution < -0.4 is 4.72 Å². The SMILES string of the molecule is Cc1ccnc2c(S(=O)(=O)Nc3ccccc3C#Cc3cccnc3)cccc12. The fourth-order valence-corrected chi connectivity index (χ4v) is 4.21. The molecule has 2 aromatic carbocycles. The third kappa shape index (κ3) is 3.96. The lowest BCUT2D eigenvalue weighted by Gasteiger charge is -2.12. The first-order valence-corrected chi connectivity index (χ1v) is 10.4. The molecule has 0 saturated heterocycles. The number of sulfonamides is 1. The van der Waals surface area contributed by atoms with Gasteiger partial charge in [0.2, 0.25) is 0 Å². The minimum Gasteiger partial charge on any atom is -0.278 e. The molecule has 0 spiro atoms. The number of benzene rings is 2. The zero-order valence-corrected chi connectivity index (χ0v) is 16.4. The average Bonchev–Trinajstić information content (AvgIpc) is 2.73. The Labute approximate surface area is 169 Å². The minimum absolute atomic E-state index is 0.133. The van der Waals surface area contributed by atoms with Crippen LogP contribution in [0.4, 0.5) is 5.69 Å². The fourth-order valence-electron chi connectivity index (χ4n) is 2.96. The second-order valence-corrected chi connectivity index (χ2v) is 8.07. The van der Waals surface area contributed by atoms with Gasteiger partial charge < -0.3 is 0 Å². The monoisotopic (exact) mass is 399 g/mol. The summed E-state index contributed by atoms with van der Waals surface area (Å²) in [5, 5.41) is 0.806. The summed E-state index contributed by atoms with van der Waals surface area (Å²) in [4.78, 5) is 8.46. The van der Waals surface area contributed by atoms with Crippen LogP contribution in [0.15, 0.2) is 84.1 Å². The molecule has 2 aromatic heterocycles. The third-order valence-corrected chi connectivity index (χ3v) is 5.81. The summed E-state index contributed by atoms with van der Waals surface area (Å²) >= 11 is 0. The maximum Gasteiger partial charge on any atom is 0.264 e. The van der Waals surface area contributed by atoms with E-state index in [1.165, 1.54) is 0 Å². The van der Waals surface area contributed by atoms with E-state index >= 15 is 0 Å². The summed E-state index contributed by atoms with van der Waals surface area (Å²) in [7, 11) is -3.85. The lowest BCUT2D eigenvalue weighted by molar-refractivity contribution is 0.602. The third-order valence-electron chi connectivity index (χ3n) is 4.42. The predicted molar refractivity (Wildman–Crippen MR) is 114 cm³/mol. The minimum atomic E-state index is -3.85. The van der Waals surface area contributed by atoms with Crippen LogP contribution in [0.5, 0.6) is 0 Å². The van der Waals surface area contributed by atoms with Crippen LogP contribution in [-0.2, 0) is 10.0 Å². The first kappa shape index (κ1) is 18.7. The average molecular weight is 399 g/mol. The van der Waals surface area contributed by atoms with E-state index in [0.717, 1.165) is 16.5 Å². The summed E-state index contributed by atoms with van der Waals surface area (Å²) in [6.45, 7) is 1.93. The molecule has 0 amide bonds. The molecule has 0 aliphatic heterocycles. The van der Waals surface area contributed by atoms with Gasteiger partial charge in [-0.25, -0.2) is 8.42 Å². The van der Waals surface area contributed by atoms with Gasteiger partial charge in [-0.15, -0.1) is 0 Å². The van der Waals surface area contributed by atoms with Crippen molar-refractivity contribution < 1.29 is 8.42 Å². The highest BCUT2D eigenvalue weighted by molar-refractivity contribution is 7.93. The number of aryl methyl sites for hydroxylation is 1. The molecule has 4 aromatic rings. The molecule has 1 N–H and O–H groups in total. The number of aromatic nitrogens is 2. The van der Waals surface area contributed by atoms with E-state index in [1.54, 1.807) is 55.0 Å². The largest absolute Gasteiger partial charge is 0.278 e. The quantitative estimate of drug-likeness (QED) is 0.526. The standard InChI is InChI=1S/C23H17N3O2S/c1-17-13-15-25-23-20(17)8-4-10-22(23)29(27,28)26-21-9-3-2-7-19(21)12-11-18-6-5-14-24-16-18/h2-10,13-16,26H,1H3. The number of nitrogens with one attached hydrogen (secondary N) is 1. The van der Waals surface area contributed by atoms with Crippen molar-refractivity contribution in [3.8, 4) is 11.8 Å². The van der Waals surface area contributed by atoms with E-state index in [1.807, 2.05) is 31.2 Å². The lowest BCUT2D eigenvalue weighted by atomic mass is 10.1. The van der Waals surface area contributed by atoms with Gasteiger partial charge in [-0.05, 0) is 48.9 Å². The normalized spacial score (nSPS) is 10.9. The highest BCUT2D eigenvalue weighted by Crippen LogP contribution is 2.26. The molecule has 5 nitrogen and oxygen atoms in total. The second-order valence-electron chi connectivity index (χ2n) is 6.42. The van der Waals surface area contributed by atoms with Crippen LogP contribution in [0.25, 0.3) is 10.9 Å². The van der Waals surface area contributed by atoms with E-state index in [9.17, 15) is 8.42 Å². The molecule has 0 radical (unpaired) electrons. The first-order valence-electron chi connectivity index (χ1n) is 8.93. The molecule has 142 valence electrons. The van der Waals surface area contributed by atoms with Gasteiger partial charge in [0, 0.05) is 35.1 Å². The van der Waals surface area contributed by atoms with Crippen molar-refractivity contribution in [2.45, 2.75) is 11.8 Å². The predicted octanol–water partition coefficient (Wildman–Crippen LogP) is 4.14. The van der Waals surface area contributed by atoms with Gasteiger partial charge in [0.15, 0.2) is 0 Å². The second kappa shape index (κ2) is 7.74. The maximum atomic E-state index is 13.1. The Morgan fingerprint density at radius 3 is 2.59 bits per heavy atom. The Bertz CT molecular complexity index is 1360. The Kier molecular flexibility index (Phi) is 4.98. The number of anilines is 1. The molecule has 0 unspecified atom stereocenters. The van der Waals surface area contributed by atoms with Crippen molar-refractivity contribution in [2.75, 3.05) is 4.72 Å². The van der Waals surface area contributed by atoms with E-state index in [-0.39, 0.29) is 4.90 Å². The van der Waals surface area contributed by atoms with E-state index < -0.39 is 10.0 Å². The first-order chi connectivity index (χ1) is 14.0. The Morgan fingerprint density at radius 1 is 0.897 bits per heavy atom. The smallest absolute Gasteiger partial charge is 0.264 e. The molecular formula is C23H17N3O2S. The Morgan fingerprint density at radius 2 is 1.76 bits per heavy atom. The fraction of sp³-hybridized carbons (Fsp3) is 0.0435. The van der Waals surface area contributed by atoms with E-state index in [2.05, 4.69) is 26.5 Å². The zero-order valence-electron chi connectivity index (χ0n) is 15.6. The van der Waals surface area contributed by atoms with Crippen molar-refractivity contribution in [2.24, 2.45) is 0 Å². The maximum absolute atomic E-state index is 13.1. The van der Waals surface area contributed by atoms with Gasteiger partial charge in [-0.2, -0.15) is 0 Å². The number of nitrogens with zero attached hydrogens (tertiary/aromatic N) is 2.